The second kappa shape index (κ2) is 19.8. The van der Waals surface area contributed by atoms with Gasteiger partial charge in [-0.2, -0.15) is 0 Å². The van der Waals surface area contributed by atoms with Crippen molar-refractivity contribution in [3.63, 3.8) is 0 Å². The Morgan fingerprint density at radius 2 is 0.493 bits per heavy atom. The number of hydrogen-bond donors (Lipinski definition) is 0. The van der Waals surface area contributed by atoms with Gasteiger partial charge in [0.25, 0.3) is 0 Å². The highest BCUT2D eigenvalue weighted by Gasteiger charge is 2.18. The summed E-state index contributed by atoms with van der Waals surface area (Å²) in [6, 6.07) is 98.5. The molecule has 1 aromatic heterocycles. The normalized spacial score (nSPS) is 11.0. The molecule has 11 rings (SSSR count). The van der Waals surface area contributed by atoms with Gasteiger partial charge in [-0.15, -0.1) is 11.3 Å². The monoisotopic (exact) mass is 902 g/mol. The molecule has 69 heavy (non-hydrogen) atoms. The van der Waals surface area contributed by atoms with E-state index in [2.05, 4.69) is 290 Å². The Labute approximate surface area is 410 Å². The van der Waals surface area contributed by atoms with Crippen LogP contribution in [0, 0.1) is 0 Å². The van der Waals surface area contributed by atoms with Crippen LogP contribution < -0.4 is 9.80 Å². The quantitative estimate of drug-likeness (QED) is 0.114. The van der Waals surface area contributed by atoms with Crippen LogP contribution in [0.25, 0.3) is 65.4 Å². The molecule has 2 nitrogen and oxygen atoms in total. The summed E-state index contributed by atoms with van der Waals surface area (Å²) in [5.74, 6) is 0. The van der Waals surface area contributed by atoms with Gasteiger partial charge in [0.05, 0.1) is 0 Å². The molecular weight excluding hydrogens is 853 g/mol. The van der Waals surface area contributed by atoms with Gasteiger partial charge < -0.3 is 9.80 Å². The summed E-state index contributed by atoms with van der Waals surface area (Å²) in [6.45, 7) is 2.26. The van der Waals surface area contributed by atoms with Crippen LogP contribution in [0.1, 0.15) is 12.5 Å². The summed E-state index contributed by atoms with van der Waals surface area (Å²) in [4.78, 5) is 7.29. The van der Waals surface area contributed by atoms with Crippen LogP contribution >= 0.6 is 11.3 Å². The van der Waals surface area contributed by atoms with E-state index in [9.17, 15) is 0 Å². The van der Waals surface area contributed by atoms with E-state index in [-0.39, 0.29) is 0 Å². The van der Waals surface area contributed by atoms with E-state index < -0.39 is 0 Å². The van der Waals surface area contributed by atoms with E-state index in [1.165, 1.54) is 71.0 Å². The van der Waals surface area contributed by atoms with Gasteiger partial charge in [-0.3, -0.25) is 0 Å². The van der Waals surface area contributed by atoms with Crippen LogP contribution in [0.15, 0.2) is 273 Å². The predicted octanol–water partition coefficient (Wildman–Crippen LogP) is 19.3. The van der Waals surface area contributed by atoms with Crippen molar-refractivity contribution in [1.29, 1.82) is 0 Å². The van der Waals surface area contributed by atoms with Crippen LogP contribution in [0.3, 0.4) is 0 Å². The molecule has 0 amide bonds. The van der Waals surface area contributed by atoms with Gasteiger partial charge >= 0.3 is 0 Å². The van der Waals surface area contributed by atoms with Crippen LogP contribution in [-0.2, 0) is 6.42 Å². The van der Waals surface area contributed by atoms with Crippen LogP contribution in [0.4, 0.5) is 34.1 Å². The average molecular weight is 903 g/mol. The van der Waals surface area contributed by atoms with Gasteiger partial charge in [0.2, 0.25) is 0 Å². The minimum Gasteiger partial charge on any atom is -0.311 e. The van der Waals surface area contributed by atoms with E-state index >= 15 is 0 Å². The first kappa shape index (κ1) is 43.1. The first-order valence-electron chi connectivity index (χ1n) is 23.7. The third-order valence-corrected chi connectivity index (χ3v) is 14.2. The smallest absolute Gasteiger partial charge is 0.0462 e. The maximum absolute atomic E-state index is 2.39. The summed E-state index contributed by atoms with van der Waals surface area (Å²) >= 11 is 1.88. The fraction of sp³-hybridized carbons (Fsp3) is 0.0303. The number of hydrogen-bond acceptors (Lipinski definition) is 3. The molecule has 0 aliphatic rings. The van der Waals surface area contributed by atoms with Crippen LogP contribution in [-0.4, -0.2) is 0 Å². The third-order valence-electron chi connectivity index (χ3n) is 12.9. The fourth-order valence-electron chi connectivity index (χ4n) is 9.24. The van der Waals surface area contributed by atoms with Crippen LogP contribution in [0.2, 0.25) is 0 Å². The van der Waals surface area contributed by atoms with E-state index in [4.69, 9.17) is 0 Å². The van der Waals surface area contributed by atoms with Crippen molar-refractivity contribution >= 4 is 45.5 Å². The first-order chi connectivity index (χ1) is 34.1. The molecule has 0 aliphatic heterocycles. The number of thiophene rings is 1. The lowest BCUT2D eigenvalue weighted by Crippen LogP contribution is -2.09. The molecule has 11 aromatic rings. The second-order valence-corrected chi connectivity index (χ2v) is 18.3. The number of anilines is 6. The van der Waals surface area contributed by atoms with E-state index in [0.717, 1.165) is 40.5 Å². The molecule has 0 radical (unpaired) electrons. The molecule has 0 bridgehead atoms. The number of aryl methyl sites for hydroxylation is 1. The fourth-order valence-corrected chi connectivity index (χ4v) is 10.5. The predicted molar refractivity (Wildman–Crippen MR) is 296 cm³/mol. The SMILES string of the molecule is CCc1cc(-c2ccc(N(c3ccc(-c4ccccc4)cc3)c3ccc(-c4ccccc4)cc3)cc2)sc1-c1ccc(N(c2ccc(-c3ccccc3)cc2)c2ccc(-c3ccccc3)cc2)cc1. The molecular formula is C66H50N2S. The van der Waals surface area contributed by atoms with E-state index in [1.54, 1.807) is 0 Å². The maximum atomic E-state index is 2.39. The molecule has 10 aromatic carbocycles. The van der Waals surface area contributed by atoms with E-state index in [0.29, 0.717) is 0 Å². The Kier molecular flexibility index (Phi) is 12.3. The zero-order valence-electron chi connectivity index (χ0n) is 38.5. The van der Waals surface area contributed by atoms with Crippen molar-refractivity contribution < 1.29 is 0 Å². The van der Waals surface area contributed by atoms with Crippen molar-refractivity contribution in [1.82, 2.24) is 0 Å². The molecule has 3 heteroatoms. The Bertz CT molecular complexity index is 3220. The lowest BCUT2D eigenvalue weighted by molar-refractivity contribution is 1.16. The molecule has 0 unspecified atom stereocenters. The summed E-state index contributed by atoms with van der Waals surface area (Å²) in [5.41, 5.74) is 20.1. The van der Waals surface area contributed by atoms with Gasteiger partial charge in [0.15, 0.2) is 0 Å². The Morgan fingerprint density at radius 1 is 0.261 bits per heavy atom. The van der Waals surface area contributed by atoms with Gasteiger partial charge in [-0.1, -0.05) is 201 Å². The molecule has 1 heterocycles. The molecule has 0 fully saturated rings. The maximum Gasteiger partial charge on any atom is 0.0462 e. The Morgan fingerprint density at radius 3 is 0.754 bits per heavy atom. The summed E-state index contributed by atoms with van der Waals surface area (Å²) in [6.07, 6.45) is 0.949. The molecule has 0 N–H and O–H groups in total. The topological polar surface area (TPSA) is 6.48 Å². The molecule has 0 saturated carbocycles. The zero-order valence-corrected chi connectivity index (χ0v) is 39.3. The number of nitrogens with zero attached hydrogens (tertiary/aromatic N) is 2. The van der Waals surface area contributed by atoms with Gasteiger partial charge in [0.1, 0.15) is 0 Å². The van der Waals surface area contributed by atoms with Crippen molar-refractivity contribution in [2.75, 3.05) is 9.80 Å². The second-order valence-electron chi connectivity index (χ2n) is 17.2. The minimum atomic E-state index is 0.949. The third kappa shape index (κ3) is 9.29. The van der Waals surface area contributed by atoms with Gasteiger partial charge in [-0.25, -0.2) is 0 Å². The first-order valence-corrected chi connectivity index (χ1v) is 24.5. The highest BCUT2D eigenvalue weighted by molar-refractivity contribution is 7.19. The highest BCUT2D eigenvalue weighted by Crippen LogP contribution is 2.43. The zero-order chi connectivity index (χ0) is 46.4. The molecule has 0 aliphatic carbocycles. The number of rotatable bonds is 13. The van der Waals surface area contributed by atoms with Crippen molar-refractivity contribution in [3.8, 4) is 65.4 Å². The average Bonchev–Trinajstić information content (AvgIpc) is 3.88. The Hall–Kier alpha value is -8.50. The van der Waals surface area contributed by atoms with Gasteiger partial charge in [0, 0.05) is 43.9 Å². The van der Waals surface area contributed by atoms with E-state index in [1.807, 2.05) is 11.3 Å². The minimum absolute atomic E-state index is 0.949. The summed E-state index contributed by atoms with van der Waals surface area (Å²) < 4.78 is 0. The van der Waals surface area contributed by atoms with Crippen molar-refractivity contribution in [2.45, 2.75) is 13.3 Å². The number of benzene rings is 10. The van der Waals surface area contributed by atoms with Crippen molar-refractivity contribution in [3.05, 3.63) is 279 Å². The lowest BCUT2D eigenvalue weighted by Gasteiger charge is -2.26. The molecule has 330 valence electrons. The standard InChI is InChI=1S/C66H50N2S/c1-2-48-47-65(57-31-43-63(44-32-57)67(59-35-23-53(24-36-59)49-15-7-3-8-16-49)60-37-25-54(26-38-60)50-17-9-4-10-18-50)69-66(48)58-33-45-64(46-34-58)68(61-39-27-55(28-40-61)51-19-11-5-12-20-51)62-41-29-56(30-42-62)52-21-13-6-14-22-52/h3-47H,2H2,1H3. The molecule has 0 atom stereocenters. The molecule has 0 spiro atoms. The summed E-state index contributed by atoms with van der Waals surface area (Å²) in [5, 5.41) is 0. The van der Waals surface area contributed by atoms with Gasteiger partial charge in [-0.05, 0) is 146 Å². The van der Waals surface area contributed by atoms with Crippen LogP contribution in [0.5, 0.6) is 0 Å². The molecule has 0 saturated heterocycles. The largest absolute Gasteiger partial charge is 0.311 e. The lowest BCUT2D eigenvalue weighted by atomic mass is 10.0. The van der Waals surface area contributed by atoms with Crippen molar-refractivity contribution in [2.24, 2.45) is 0 Å². The Balaban J connectivity index is 0.893. The summed E-state index contributed by atoms with van der Waals surface area (Å²) in [7, 11) is 0. The highest BCUT2D eigenvalue weighted by atomic mass is 32.1.